The summed E-state index contributed by atoms with van der Waals surface area (Å²) in [6, 6.07) is 0. The number of allylic oxidation sites excluding steroid dienone is 2. The molecular formula is C20H32O3. The summed E-state index contributed by atoms with van der Waals surface area (Å²) in [5.74, 6) is 0.155. The van der Waals surface area contributed by atoms with E-state index in [0.717, 1.165) is 24.8 Å². The molecule has 1 saturated carbocycles. The molecule has 1 fully saturated rings. The van der Waals surface area contributed by atoms with Gasteiger partial charge in [-0.05, 0) is 60.8 Å². The van der Waals surface area contributed by atoms with Gasteiger partial charge in [-0.1, -0.05) is 39.7 Å². The molecule has 3 atom stereocenters. The average Bonchev–Trinajstić information content (AvgIpc) is 2.40. The molecule has 0 heterocycles. The zero-order valence-electron chi connectivity index (χ0n) is 15.4. The monoisotopic (exact) mass is 320 g/mol. The second-order valence-corrected chi connectivity index (χ2v) is 8.78. The van der Waals surface area contributed by atoms with Crippen molar-refractivity contribution in [2.24, 2.45) is 22.7 Å². The Morgan fingerprint density at radius 1 is 1.30 bits per heavy atom. The third-order valence-electron chi connectivity index (χ3n) is 6.59. The summed E-state index contributed by atoms with van der Waals surface area (Å²) in [6.45, 7) is 11.0. The fourth-order valence-corrected chi connectivity index (χ4v) is 5.18. The Hall–Kier alpha value is -1.12. The minimum atomic E-state index is -0.731. The maximum Gasteiger partial charge on any atom is 0.303 e. The Kier molecular flexibility index (Phi) is 5.08. The van der Waals surface area contributed by atoms with Gasteiger partial charge in [0.2, 0.25) is 0 Å². The first-order chi connectivity index (χ1) is 10.6. The molecule has 0 bridgehead atoms. The summed E-state index contributed by atoms with van der Waals surface area (Å²) < 4.78 is 0. The zero-order chi connectivity index (χ0) is 17.4. The molecule has 2 rings (SSSR count). The summed E-state index contributed by atoms with van der Waals surface area (Å²) in [4.78, 5) is 23.4. The van der Waals surface area contributed by atoms with Gasteiger partial charge >= 0.3 is 5.97 Å². The molecule has 0 aromatic carbocycles. The lowest BCUT2D eigenvalue weighted by Crippen LogP contribution is -2.47. The van der Waals surface area contributed by atoms with Gasteiger partial charge in [-0.2, -0.15) is 0 Å². The van der Waals surface area contributed by atoms with Crippen molar-refractivity contribution in [3.8, 4) is 0 Å². The van der Waals surface area contributed by atoms with E-state index in [2.05, 4.69) is 20.8 Å². The topological polar surface area (TPSA) is 54.4 Å². The van der Waals surface area contributed by atoms with Gasteiger partial charge < -0.3 is 5.11 Å². The van der Waals surface area contributed by atoms with Crippen molar-refractivity contribution in [2.45, 2.75) is 79.6 Å². The summed E-state index contributed by atoms with van der Waals surface area (Å²) in [7, 11) is 0. The highest BCUT2D eigenvalue weighted by atomic mass is 16.4. The van der Waals surface area contributed by atoms with Crippen LogP contribution in [0.2, 0.25) is 0 Å². The molecule has 0 aromatic heterocycles. The molecule has 130 valence electrons. The van der Waals surface area contributed by atoms with Gasteiger partial charge in [0.05, 0.1) is 0 Å². The zero-order valence-corrected chi connectivity index (χ0v) is 15.4. The number of aliphatic carboxylic acids is 1. The van der Waals surface area contributed by atoms with Crippen LogP contribution in [-0.4, -0.2) is 16.9 Å². The molecule has 3 nitrogen and oxygen atoms in total. The quantitative estimate of drug-likeness (QED) is 0.775. The van der Waals surface area contributed by atoms with Gasteiger partial charge in [0.25, 0.3) is 0 Å². The van der Waals surface area contributed by atoms with Crippen LogP contribution in [0.4, 0.5) is 0 Å². The van der Waals surface area contributed by atoms with Crippen LogP contribution < -0.4 is 0 Å². The largest absolute Gasteiger partial charge is 0.481 e. The summed E-state index contributed by atoms with van der Waals surface area (Å²) in [6.07, 6.45) is 6.20. The maximum atomic E-state index is 12.6. The number of carboxylic acids is 1. The molecule has 23 heavy (non-hydrogen) atoms. The van der Waals surface area contributed by atoms with Crippen LogP contribution in [0.1, 0.15) is 79.6 Å². The highest BCUT2D eigenvalue weighted by molar-refractivity contribution is 5.97. The fraction of sp³-hybridized carbons (Fsp3) is 0.800. The van der Waals surface area contributed by atoms with Crippen molar-refractivity contribution in [3.05, 3.63) is 11.1 Å². The van der Waals surface area contributed by atoms with Crippen molar-refractivity contribution in [1.29, 1.82) is 0 Å². The second-order valence-electron chi connectivity index (χ2n) is 8.78. The predicted octanol–water partition coefficient (Wildman–Crippen LogP) is 5.00. The number of fused-ring (bicyclic) bond motifs is 1. The van der Waals surface area contributed by atoms with Crippen LogP contribution in [0.5, 0.6) is 0 Å². The minimum absolute atomic E-state index is 0.114. The number of carbonyl (C=O) groups excluding carboxylic acids is 1. The van der Waals surface area contributed by atoms with E-state index in [1.54, 1.807) is 0 Å². The fourth-order valence-electron chi connectivity index (χ4n) is 5.18. The first kappa shape index (κ1) is 18.2. The van der Waals surface area contributed by atoms with Crippen molar-refractivity contribution in [3.63, 3.8) is 0 Å². The van der Waals surface area contributed by atoms with Crippen molar-refractivity contribution < 1.29 is 14.7 Å². The Morgan fingerprint density at radius 2 is 1.96 bits per heavy atom. The van der Waals surface area contributed by atoms with E-state index in [1.807, 2.05) is 13.8 Å². The lowest BCUT2D eigenvalue weighted by Gasteiger charge is -2.54. The van der Waals surface area contributed by atoms with Gasteiger partial charge in [0, 0.05) is 12.8 Å². The van der Waals surface area contributed by atoms with E-state index >= 15 is 0 Å². The molecule has 0 unspecified atom stereocenters. The standard InChI is InChI=1S/C20H32O3/c1-13(11-18(22)23)7-8-15-14(2)16(21)12-17-19(3,4)9-6-10-20(15,17)5/h13,17H,6-12H2,1-5H3,(H,22,23)/t13-,17-,20+/m0/s1. The van der Waals surface area contributed by atoms with Crippen LogP contribution in [0, 0.1) is 22.7 Å². The third-order valence-corrected chi connectivity index (χ3v) is 6.59. The van der Waals surface area contributed by atoms with Crippen LogP contribution in [0.3, 0.4) is 0 Å². The van der Waals surface area contributed by atoms with Crippen LogP contribution >= 0.6 is 0 Å². The van der Waals surface area contributed by atoms with Crippen LogP contribution in [-0.2, 0) is 9.59 Å². The van der Waals surface area contributed by atoms with E-state index in [-0.39, 0.29) is 23.2 Å². The molecule has 0 aromatic rings. The summed E-state index contributed by atoms with van der Waals surface area (Å²) >= 11 is 0. The molecule has 0 radical (unpaired) electrons. The maximum absolute atomic E-state index is 12.6. The lowest BCUT2D eigenvalue weighted by atomic mass is 9.49. The van der Waals surface area contributed by atoms with Crippen molar-refractivity contribution in [1.82, 2.24) is 0 Å². The van der Waals surface area contributed by atoms with Crippen LogP contribution in [0.15, 0.2) is 11.1 Å². The van der Waals surface area contributed by atoms with Crippen molar-refractivity contribution >= 4 is 11.8 Å². The Balaban J connectivity index is 2.26. The third kappa shape index (κ3) is 3.54. The van der Waals surface area contributed by atoms with Crippen LogP contribution in [0.25, 0.3) is 0 Å². The molecule has 0 spiro atoms. The molecule has 2 aliphatic rings. The molecule has 2 aliphatic carbocycles. The lowest BCUT2D eigenvalue weighted by molar-refractivity contribution is -0.138. The number of carbonyl (C=O) groups is 2. The predicted molar refractivity (Wildman–Crippen MR) is 92.2 cm³/mol. The second kappa shape index (κ2) is 6.41. The van der Waals surface area contributed by atoms with Gasteiger partial charge in [-0.15, -0.1) is 0 Å². The molecule has 0 amide bonds. The van der Waals surface area contributed by atoms with Gasteiger partial charge in [0.15, 0.2) is 5.78 Å². The average molecular weight is 320 g/mol. The highest BCUT2D eigenvalue weighted by Gasteiger charge is 2.51. The molecule has 1 N–H and O–H groups in total. The SMILES string of the molecule is CC1=C(CC[C@H](C)CC(=O)O)[C@@]2(C)CCCC(C)(C)[C@@H]2CC1=O. The number of hydrogen-bond acceptors (Lipinski definition) is 2. The minimum Gasteiger partial charge on any atom is -0.481 e. The smallest absolute Gasteiger partial charge is 0.303 e. The molecule has 3 heteroatoms. The number of hydrogen-bond donors (Lipinski definition) is 1. The number of ketones is 1. The van der Waals surface area contributed by atoms with Gasteiger partial charge in [-0.3, -0.25) is 9.59 Å². The van der Waals surface area contributed by atoms with E-state index in [0.29, 0.717) is 18.1 Å². The Morgan fingerprint density at radius 3 is 2.57 bits per heavy atom. The molecule has 0 aliphatic heterocycles. The number of Topliss-reactive ketones (excluding diaryl/α,β-unsaturated/α-hetero) is 1. The first-order valence-electron chi connectivity index (χ1n) is 9.03. The Bertz CT molecular complexity index is 529. The number of rotatable bonds is 5. The summed E-state index contributed by atoms with van der Waals surface area (Å²) in [5.41, 5.74) is 2.61. The van der Waals surface area contributed by atoms with E-state index in [4.69, 9.17) is 5.11 Å². The molecular weight excluding hydrogens is 288 g/mol. The van der Waals surface area contributed by atoms with Gasteiger partial charge in [-0.25, -0.2) is 0 Å². The normalized spacial score (nSPS) is 31.7. The summed E-state index contributed by atoms with van der Waals surface area (Å²) in [5, 5.41) is 8.96. The highest BCUT2D eigenvalue weighted by Crippen LogP contribution is 2.59. The van der Waals surface area contributed by atoms with E-state index in [1.165, 1.54) is 18.4 Å². The Labute approximate surface area is 140 Å². The van der Waals surface area contributed by atoms with E-state index in [9.17, 15) is 9.59 Å². The number of carboxylic acid groups (broad SMARTS) is 1. The van der Waals surface area contributed by atoms with E-state index < -0.39 is 5.97 Å². The van der Waals surface area contributed by atoms with Crippen molar-refractivity contribution in [2.75, 3.05) is 0 Å². The first-order valence-corrected chi connectivity index (χ1v) is 9.03. The van der Waals surface area contributed by atoms with Gasteiger partial charge in [0.1, 0.15) is 0 Å². The molecule has 0 saturated heterocycles.